The Morgan fingerprint density at radius 1 is 1.06 bits per heavy atom. The van der Waals surface area contributed by atoms with Crippen LogP contribution in [0.15, 0.2) is 52.7 Å². The number of hydrogen-bond donors (Lipinski definition) is 3. The highest BCUT2D eigenvalue weighted by Gasteiger charge is 2.13. The third-order valence-electron chi connectivity index (χ3n) is 4.77. The standard InChI is InChI=1S/C22H27N7O4S/c1-14(16-7-10-18(32-3)19(11-16)33-4)25-26-21-27-28-22(29(21)23)34-13-20(30)24-12-15-5-8-17(31-2)9-6-15/h5-11H,12-13,23H2,1-4H3,(H,24,30)(H,26,27)/b25-14+. The molecule has 34 heavy (non-hydrogen) atoms. The number of methoxy groups -OCH3 is 3. The molecule has 3 aromatic rings. The van der Waals surface area contributed by atoms with E-state index in [9.17, 15) is 4.79 Å². The van der Waals surface area contributed by atoms with E-state index in [-0.39, 0.29) is 17.6 Å². The molecule has 2 aromatic carbocycles. The summed E-state index contributed by atoms with van der Waals surface area (Å²) >= 11 is 1.17. The second kappa shape index (κ2) is 11.8. The van der Waals surface area contributed by atoms with Crippen LogP contribution in [0, 0.1) is 0 Å². The van der Waals surface area contributed by atoms with Crippen LogP contribution >= 0.6 is 11.8 Å². The first kappa shape index (κ1) is 24.7. The number of nitrogen functional groups attached to an aromatic ring is 1. The van der Waals surface area contributed by atoms with Crippen molar-refractivity contribution < 1.29 is 19.0 Å². The number of anilines is 1. The van der Waals surface area contributed by atoms with Crippen LogP contribution < -0.4 is 30.8 Å². The first-order valence-corrected chi connectivity index (χ1v) is 11.2. The van der Waals surface area contributed by atoms with Gasteiger partial charge in [-0.05, 0) is 42.8 Å². The number of benzene rings is 2. The Balaban J connectivity index is 1.53. The Hall–Kier alpha value is -3.93. The van der Waals surface area contributed by atoms with Crippen LogP contribution in [0.4, 0.5) is 5.95 Å². The molecule has 0 spiro atoms. The van der Waals surface area contributed by atoms with E-state index in [1.807, 2.05) is 43.3 Å². The Morgan fingerprint density at radius 2 is 1.79 bits per heavy atom. The molecule has 0 aliphatic carbocycles. The Bertz CT molecular complexity index is 1150. The SMILES string of the molecule is COc1ccc(CNC(=O)CSc2nnc(N/N=C(\C)c3ccc(OC)c(OC)c3)n2N)cc1. The fourth-order valence-electron chi connectivity index (χ4n) is 2.84. The Morgan fingerprint density at radius 3 is 2.47 bits per heavy atom. The highest BCUT2D eigenvalue weighted by atomic mass is 32.2. The van der Waals surface area contributed by atoms with E-state index in [0.717, 1.165) is 16.9 Å². The predicted molar refractivity (Wildman–Crippen MR) is 131 cm³/mol. The highest BCUT2D eigenvalue weighted by molar-refractivity contribution is 7.99. The number of hydrazone groups is 1. The normalized spacial score (nSPS) is 11.1. The summed E-state index contributed by atoms with van der Waals surface area (Å²) < 4.78 is 16.9. The Labute approximate surface area is 201 Å². The van der Waals surface area contributed by atoms with E-state index in [0.29, 0.717) is 28.9 Å². The highest BCUT2D eigenvalue weighted by Crippen LogP contribution is 2.27. The van der Waals surface area contributed by atoms with Crippen molar-refractivity contribution in [3.63, 3.8) is 0 Å². The van der Waals surface area contributed by atoms with Gasteiger partial charge in [-0.2, -0.15) is 5.10 Å². The van der Waals surface area contributed by atoms with Gasteiger partial charge < -0.3 is 25.4 Å². The van der Waals surface area contributed by atoms with Crippen molar-refractivity contribution in [2.24, 2.45) is 5.10 Å². The first-order valence-electron chi connectivity index (χ1n) is 10.2. The van der Waals surface area contributed by atoms with Crippen LogP contribution in [-0.4, -0.2) is 53.6 Å². The molecule has 4 N–H and O–H groups in total. The lowest BCUT2D eigenvalue weighted by Crippen LogP contribution is -2.25. The maximum absolute atomic E-state index is 12.2. The molecule has 0 saturated carbocycles. The van der Waals surface area contributed by atoms with Gasteiger partial charge >= 0.3 is 0 Å². The lowest BCUT2D eigenvalue weighted by Gasteiger charge is -2.09. The monoisotopic (exact) mass is 485 g/mol. The minimum Gasteiger partial charge on any atom is -0.497 e. The van der Waals surface area contributed by atoms with Gasteiger partial charge in [-0.15, -0.1) is 10.2 Å². The van der Waals surface area contributed by atoms with Gasteiger partial charge in [0.15, 0.2) is 11.5 Å². The molecule has 12 heteroatoms. The summed E-state index contributed by atoms with van der Waals surface area (Å²) in [5, 5.41) is 15.5. The number of nitrogens with one attached hydrogen (secondary N) is 2. The van der Waals surface area contributed by atoms with Gasteiger partial charge in [-0.25, -0.2) is 10.1 Å². The molecule has 0 fully saturated rings. The third kappa shape index (κ3) is 6.32. The average Bonchev–Trinajstić information content (AvgIpc) is 3.23. The van der Waals surface area contributed by atoms with E-state index in [2.05, 4.69) is 26.0 Å². The number of aromatic nitrogens is 3. The van der Waals surface area contributed by atoms with Gasteiger partial charge in [0.25, 0.3) is 5.95 Å². The van der Waals surface area contributed by atoms with E-state index in [1.54, 1.807) is 27.4 Å². The smallest absolute Gasteiger partial charge is 0.264 e. The van der Waals surface area contributed by atoms with E-state index in [1.165, 1.54) is 16.4 Å². The average molecular weight is 486 g/mol. The molecule has 0 saturated heterocycles. The summed E-state index contributed by atoms with van der Waals surface area (Å²) in [6.45, 7) is 2.24. The molecule has 3 rings (SSSR count). The molecule has 0 aliphatic heterocycles. The van der Waals surface area contributed by atoms with Crippen molar-refractivity contribution in [1.29, 1.82) is 0 Å². The molecule has 0 unspecified atom stereocenters. The van der Waals surface area contributed by atoms with Crippen LogP contribution in [-0.2, 0) is 11.3 Å². The van der Waals surface area contributed by atoms with Gasteiger partial charge in [0, 0.05) is 12.1 Å². The minimum absolute atomic E-state index is 0.138. The molecule has 0 atom stereocenters. The molecule has 0 aliphatic rings. The van der Waals surface area contributed by atoms with E-state index >= 15 is 0 Å². The third-order valence-corrected chi connectivity index (χ3v) is 5.71. The fraction of sp³-hybridized carbons (Fsp3) is 0.273. The van der Waals surface area contributed by atoms with Crippen LogP contribution in [0.25, 0.3) is 0 Å². The summed E-state index contributed by atoms with van der Waals surface area (Å²) in [7, 11) is 4.76. The molecule has 180 valence electrons. The van der Waals surface area contributed by atoms with Gasteiger partial charge in [0.2, 0.25) is 11.1 Å². The number of amides is 1. The zero-order valence-electron chi connectivity index (χ0n) is 19.4. The maximum atomic E-state index is 12.2. The molecular formula is C22H27N7O4S. The fourth-order valence-corrected chi connectivity index (χ4v) is 3.52. The first-order chi connectivity index (χ1) is 16.4. The minimum atomic E-state index is -0.152. The van der Waals surface area contributed by atoms with Crippen LogP contribution in [0.1, 0.15) is 18.1 Å². The predicted octanol–water partition coefficient (Wildman–Crippen LogP) is 2.26. The molecule has 1 heterocycles. The molecule has 0 radical (unpaired) electrons. The molecule has 1 aromatic heterocycles. The summed E-state index contributed by atoms with van der Waals surface area (Å²) in [4.78, 5) is 12.2. The van der Waals surface area contributed by atoms with Crippen molar-refractivity contribution in [3.05, 3.63) is 53.6 Å². The van der Waals surface area contributed by atoms with Crippen LogP contribution in [0.3, 0.4) is 0 Å². The van der Waals surface area contributed by atoms with Gasteiger partial charge in [0.05, 0.1) is 32.8 Å². The number of hydrogen-bond acceptors (Lipinski definition) is 10. The molecule has 11 nitrogen and oxygen atoms in total. The maximum Gasteiger partial charge on any atom is 0.264 e. The van der Waals surface area contributed by atoms with Crippen LogP contribution in [0.5, 0.6) is 17.2 Å². The summed E-state index contributed by atoms with van der Waals surface area (Å²) in [5.74, 6) is 8.26. The summed E-state index contributed by atoms with van der Waals surface area (Å²) in [6.07, 6.45) is 0. The summed E-state index contributed by atoms with van der Waals surface area (Å²) in [6, 6.07) is 13.0. The van der Waals surface area contributed by atoms with E-state index < -0.39 is 0 Å². The van der Waals surface area contributed by atoms with Crippen molar-refractivity contribution in [3.8, 4) is 17.2 Å². The topological polar surface area (TPSA) is 138 Å². The van der Waals surface area contributed by atoms with Gasteiger partial charge in [0.1, 0.15) is 5.75 Å². The van der Waals surface area contributed by atoms with Crippen molar-refractivity contribution >= 4 is 29.3 Å². The molecule has 1 amide bonds. The van der Waals surface area contributed by atoms with Crippen molar-refractivity contribution in [2.45, 2.75) is 18.6 Å². The number of nitrogens with two attached hydrogens (primary N) is 1. The van der Waals surface area contributed by atoms with Crippen molar-refractivity contribution in [2.75, 3.05) is 38.4 Å². The largest absolute Gasteiger partial charge is 0.497 e. The Kier molecular flexibility index (Phi) is 8.57. The lowest BCUT2D eigenvalue weighted by atomic mass is 10.1. The second-order valence-electron chi connectivity index (χ2n) is 6.97. The lowest BCUT2D eigenvalue weighted by molar-refractivity contribution is -0.118. The molecular weight excluding hydrogens is 458 g/mol. The van der Waals surface area contributed by atoms with Gasteiger partial charge in [-0.3, -0.25) is 4.79 Å². The van der Waals surface area contributed by atoms with Crippen molar-refractivity contribution in [1.82, 2.24) is 20.2 Å². The number of carbonyl (C=O) groups is 1. The number of ether oxygens (including phenoxy) is 3. The number of rotatable bonds is 11. The zero-order valence-corrected chi connectivity index (χ0v) is 20.2. The molecule has 0 bridgehead atoms. The number of nitrogens with zero attached hydrogens (tertiary/aromatic N) is 4. The zero-order chi connectivity index (χ0) is 24.5. The second-order valence-corrected chi connectivity index (χ2v) is 7.91. The number of carbonyl (C=O) groups excluding carboxylic acids is 1. The van der Waals surface area contributed by atoms with Gasteiger partial charge in [-0.1, -0.05) is 23.9 Å². The number of thioether (sulfide) groups is 1. The van der Waals surface area contributed by atoms with Crippen LogP contribution in [0.2, 0.25) is 0 Å². The van der Waals surface area contributed by atoms with E-state index in [4.69, 9.17) is 20.1 Å². The summed E-state index contributed by atoms with van der Waals surface area (Å²) in [5.41, 5.74) is 5.27. The quantitative estimate of drug-likeness (QED) is 0.162.